The molecule has 0 radical (unpaired) electrons. The molecule has 3 atom stereocenters. The number of hydrogen-bond donors (Lipinski definition) is 0. The van der Waals surface area contributed by atoms with Crippen LogP contribution in [0.4, 0.5) is 0 Å². The summed E-state index contributed by atoms with van der Waals surface area (Å²) in [4.78, 5) is 36.5. The van der Waals surface area contributed by atoms with E-state index in [9.17, 15) is 14.4 Å². The fraction of sp³-hybridized carbons (Fsp3) is 0.500. The van der Waals surface area contributed by atoms with E-state index in [1.165, 1.54) is 13.2 Å². The third-order valence-corrected chi connectivity index (χ3v) is 4.64. The fourth-order valence-electron chi connectivity index (χ4n) is 3.60. The molecule has 7 heteroatoms. The maximum absolute atomic E-state index is 12.8. The van der Waals surface area contributed by atoms with Crippen molar-refractivity contribution in [1.82, 2.24) is 0 Å². The van der Waals surface area contributed by atoms with E-state index in [-0.39, 0.29) is 18.1 Å². The van der Waals surface area contributed by atoms with Gasteiger partial charge >= 0.3 is 11.9 Å². The van der Waals surface area contributed by atoms with Gasteiger partial charge in [0, 0.05) is 13.3 Å². The minimum Gasteiger partial charge on any atom is -0.469 e. The lowest BCUT2D eigenvalue weighted by Gasteiger charge is -2.42. The van der Waals surface area contributed by atoms with Crippen molar-refractivity contribution in [2.75, 3.05) is 6.61 Å². The fourth-order valence-corrected chi connectivity index (χ4v) is 3.60. The van der Waals surface area contributed by atoms with Crippen LogP contribution < -0.4 is 0 Å². The molecule has 3 rings (SSSR count). The Bertz CT molecular complexity index is 703. The Hall–Kier alpha value is -2.57. The highest BCUT2D eigenvalue weighted by molar-refractivity contribution is 5.91. The number of Topliss-reactive ketones (excluding diaryl/α,β-unsaturated/α-hetero) is 1. The maximum atomic E-state index is 12.8. The summed E-state index contributed by atoms with van der Waals surface area (Å²) < 4.78 is 21.4. The largest absolute Gasteiger partial charge is 0.469 e. The SMILES string of the molecule is CCOC(=O)C1=C[C@@H](c2ccco2)[C@@]2(CCCC2=O)[C@@H](OC(C)=O)O1. The van der Waals surface area contributed by atoms with Gasteiger partial charge in [0.25, 0.3) is 6.29 Å². The molecule has 2 heterocycles. The van der Waals surface area contributed by atoms with Gasteiger partial charge in [0.1, 0.15) is 17.0 Å². The first-order valence-electron chi connectivity index (χ1n) is 8.28. The highest BCUT2D eigenvalue weighted by Crippen LogP contribution is 2.54. The molecule has 1 aromatic heterocycles. The maximum Gasteiger partial charge on any atom is 0.373 e. The average Bonchev–Trinajstić information content (AvgIpc) is 3.20. The van der Waals surface area contributed by atoms with Crippen molar-refractivity contribution in [3.8, 4) is 0 Å². The molecule has 0 bridgehead atoms. The molecule has 0 amide bonds. The molecule has 0 unspecified atom stereocenters. The van der Waals surface area contributed by atoms with Crippen molar-refractivity contribution in [3.63, 3.8) is 0 Å². The summed E-state index contributed by atoms with van der Waals surface area (Å²) in [5, 5.41) is 0. The van der Waals surface area contributed by atoms with Gasteiger partial charge in [0.15, 0.2) is 0 Å². The Labute approximate surface area is 144 Å². The molecule has 25 heavy (non-hydrogen) atoms. The molecule has 0 N–H and O–H groups in total. The molecule has 1 fully saturated rings. The second-order valence-electron chi connectivity index (χ2n) is 6.12. The minimum atomic E-state index is -1.19. The molecule has 1 saturated carbocycles. The zero-order valence-electron chi connectivity index (χ0n) is 14.2. The van der Waals surface area contributed by atoms with Gasteiger partial charge in [-0.05, 0) is 38.0 Å². The monoisotopic (exact) mass is 348 g/mol. The van der Waals surface area contributed by atoms with Gasteiger partial charge in [0.05, 0.1) is 18.8 Å². The van der Waals surface area contributed by atoms with E-state index < -0.39 is 29.6 Å². The van der Waals surface area contributed by atoms with Gasteiger partial charge < -0.3 is 18.6 Å². The van der Waals surface area contributed by atoms with E-state index in [2.05, 4.69) is 0 Å². The predicted molar refractivity (Wildman–Crippen MR) is 84.1 cm³/mol. The summed E-state index contributed by atoms with van der Waals surface area (Å²) in [6, 6.07) is 3.43. The van der Waals surface area contributed by atoms with Crippen LogP contribution in [-0.4, -0.2) is 30.6 Å². The Kier molecular flexibility index (Phi) is 4.65. The molecule has 1 aliphatic carbocycles. The summed E-state index contributed by atoms with van der Waals surface area (Å²) in [5.41, 5.74) is -1.10. The van der Waals surface area contributed by atoms with Gasteiger partial charge in [-0.3, -0.25) is 9.59 Å². The van der Waals surface area contributed by atoms with Crippen molar-refractivity contribution in [2.45, 2.75) is 45.3 Å². The van der Waals surface area contributed by atoms with E-state index in [4.69, 9.17) is 18.6 Å². The minimum absolute atomic E-state index is 0.0701. The average molecular weight is 348 g/mol. The first-order chi connectivity index (χ1) is 12.0. The number of ketones is 1. The molecular formula is C18H20O7. The lowest BCUT2D eigenvalue weighted by Crippen LogP contribution is -2.50. The van der Waals surface area contributed by atoms with Crippen LogP contribution in [0.2, 0.25) is 0 Å². The van der Waals surface area contributed by atoms with Gasteiger partial charge in [-0.1, -0.05) is 0 Å². The standard InChI is InChI=1S/C18H20O7/c1-3-22-16(21)14-10-12(13-6-5-9-23-13)18(8-4-7-15(18)20)17(25-14)24-11(2)19/h5-6,9-10,12,17H,3-4,7-8H2,1-2H3/t12-,17-,18+/m0/s1. The molecule has 134 valence electrons. The zero-order valence-corrected chi connectivity index (χ0v) is 14.2. The van der Waals surface area contributed by atoms with Crippen LogP contribution in [0.1, 0.15) is 44.8 Å². The Morgan fingerprint density at radius 1 is 1.40 bits per heavy atom. The smallest absolute Gasteiger partial charge is 0.373 e. The second-order valence-corrected chi connectivity index (χ2v) is 6.12. The number of allylic oxidation sites excluding steroid dienone is 1. The number of furan rings is 1. The van der Waals surface area contributed by atoms with Crippen LogP contribution >= 0.6 is 0 Å². The highest BCUT2D eigenvalue weighted by atomic mass is 16.7. The number of carbonyl (C=O) groups is 3. The lowest BCUT2D eigenvalue weighted by atomic mass is 9.69. The van der Waals surface area contributed by atoms with E-state index >= 15 is 0 Å². The van der Waals surface area contributed by atoms with Crippen molar-refractivity contribution in [3.05, 3.63) is 36.0 Å². The van der Waals surface area contributed by atoms with E-state index in [0.29, 0.717) is 25.0 Å². The molecule has 0 saturated heterocycles. The van der Waals surface area contributed by atoms with Crippen LogP contribution in [0.5, 0.6) is 0 Å². The third kappa shape index (κ3) is 2.94. The van der Waals surface area contributed by atoms with Crippen molar-refractivity contribution in [2.24, 2.45) is 5.41 Å². The Morgan fingerprint density at radius 2 is 2.20 bits per heavy atom. The van der Waals surface area contributed by atoms with Gasteiger partial charge in [-0.25, -0.2) is 4.79 Å². The number of hydrogen-bond acceptors (Lipinski definition) is 7. The Morgan fingerprint density at radius 3 is 2.76 bits per heavy atom. The van der Waals surface area contributed by atoms with Crippen LogP contribution in [-0.2, 0) is 28.6 Å². The van der Waals surface area contributed by atoms with Crippen LogP contribution in [0.15, 0.2) is 34.6 Å². The van der Waals surface area contributed by atoms with Crippen LogP contribution in [0.3, 0.4) is 0 Å². The molecule has 1 aromatic rings. The van der Waals surface area contributed by atoms with Crippen LogP contribution in [0.25, 0.3) is 0 Å². The van der Waals surface area contributed by atoms with Crippen LogP contribution in [0, 0.1) is 5.41 Å². The highest BCUT2D eigenvalue weighted by Gasteiger charge is 2.60. The molecule has 2 aliphatic rings. The summed E-state index contributed by atoms with van der Waals surface area (Å²) in [6.45, 7) is 3.09. The molecule has 0 aromatic carbocycles. The summed E-state index contributed by atoms with van der Waals surface area (Å²) in [6.07, 6.45) is 3.33. The summed E-state index contributed by atoms with van der Waals surface area (Å²) in [7, 11) is 0. The van der Waals surface area contributed by atoms with Crippen molar-refractivity contribution >= 4 is 17.7 Å². The predicted octanol–water partition coefficient (Wildman–Crippen LogP) is 2.47. The second kappa shape index (κ2) is 6.74. The van der Waals surface area contributed by atoms with E-state index in [1.54, 1.807) is 25.1 Å². The third-order valence-electron chi connectivity index (χ3n) is 4.64. The summed E-state index contributed by atoms with van der Waals surface area (Å²) >= 11 is 0. The van der Waals surface area contributed by atoms with E-state index in [1.807, 2.05) is 0 Å². The van der Waals surface area contributed by atoms with Gasteiger partial charge in [0.2, 0.25) is 5.76 Å². The van der Waals surface area contributed by atoms with Gasteiger partial charge in [-0.2, -0.15) is 0 Å². The normalized spacial score (nSPS) is 28.4. The number of ether oxygens (including phenoxy) is 3. The quantitative estimate of drug-likeness (QED) is 0.772. The molecular weight excluding hydrogens is 328 g/mol. The van der Waals surface area contributed by atoms with Gasteiger partial charge in [-0.15, -0.1) is 0 Å². The lowest BCUT2D eigenvalue weighted by molar-refractivity contribution is -0.208. The van der Waals surface area contributed by atoms with Crippen molar-refractivity contribution in [1.29, 1.82) is 0 Å². The number of esters is 2. The first-order valence-corrected chi connectivity index (χ1v) is 8.28. The summed E-state index contributed by atoms with van der Waals surface area (Å²) in [5.74, 6) is -1.48. The molecule has 1 spiro atoms. The Balaban J connectivity index is 2.10. The molecule has 7 nitrogen and oxygen atoms in total. The van der Waals surface area contributed by atoms with E-state index in [0.717, 1.165) is 0 Å². The van der Waals surface area contributed by atoms with Crippen molar-refractivity contribution < 1.29 is 33.0 Å². The first kappa shape index (κ1) is 17.3. The number of carbonyl (C=O) groups excluding carboxylic acids is 3. The molecule has 1 aliphatic heterocycles. The zero-order chi connectivity index (χ0) is 18.0. The number of rotatable bonds is 4. The topological polar surface area (TPSA) is 92.0 Å².